The average molecular weight is 578 g/mol. The third-order valence-corrected chi connectivity index (χ3v) is 7.14. The van der Waals surface area contributed by atoms with E-state index in [0.717, 1.165) is 61.8 Å². The lowest BCUT2D eigenvalue weighted by molar-refractivity contribution is -0.119. The van der Waals surface area contributed by atoms with Crippen molar-refractivity contribution in [3.8, 4) is 5.75 Å². The number of nitrogens with one attached hydrogen (secondary N) is 2. The summed E-state index contributed by atoms with van der Waals surface area (Å²) in [5.74, 6) is -2.48. The number of aromatic hydroxyl groups is 1. The van der Waals surface area contributed by atoms with E-state index in [0.29, 0.717) is 24.9 Å². The molecular formula is C31H39N5O6. The van der Waals surface area contributed by atoms with Gasteiger partial charge in [0.1, 0.15) is 11.4 Å². The van der Waals surface area contributed by atoms with Crippen LogP contribution in [0.4, 0.5) is 0 Å². The molecule has 4 amide bonds. The number of rotatable bonds is 14. The van der Waals surface area contributed by atoms with Gasteiger partial charge in [0.25, 0.3) is 17.7 Å². The number of hydrogen-bond acceptors (Lipinski definition) is 7. The van der Waals surface area contributed by atoms with Crippen LogP contribution < -0.4 is 22.1 Å². The molecule has 0 radical (unpaired) electrons. The fraction of sp³-hybridized carbons (Fsp3) is 0.387. The number of carbonyl (C=O) groups is 5. The van der Waals surface area contributed by atoms with Crippen molar-refractivity contribution in [3.63, 3.8) is 0 Å². The maximum absolute atomic E-state index is 12.8. The number of allylic oxidation sites excluding steroid dienone is 1. The molecule has 0 saturated carbocycles. The Bertz CT molecular complexity index is 1380. The molecule has 1 unspecified atom stereocenters. The molecule has 1 atom stereocenters. The molecule has 0 saturated heterocycles. The Labute approximate surface area is 245 Å². The van der Waals surface area contributed by atoms with Crippen LogP contribution in [0.2, 0.25) is 0 Å². The van der Waals surface area contributed by atoms with Gasteiger partial charge in [0.2, 0.25) is 5.91 Å². The van der Waals surface area contributed by atoms with Gasteiger partial charge in [0.05, 0.1) is 11.6 Å². The molecule has 11 nitrogen and oxygen atoms in total. The number of nitrogens with zero attached hydrogens (tertiary/aromatic N) is 1. The first-order valence-electron chi connectivity index (χ1n) is 14.0. The maximum atomic E-state index is 12.8. The summed E-state index contributed by atoms with van der Waals surface area (Å²) in [6, 6.07) is 8.93. The molecule has 3 rings (SSSR count). The molecule has 1 aliphatic rings. The van der Waals surface area contributed by atoms with Crippen LogP contribution in [0.3, 0.4) is 0 Å². The van der Waals surface area contributed by atoms with Crippen LogP contribution in [-0.4, -0.2) is 60.1 Å². The fourth-order valence-corrected chi connectivity index (χ4v) is 4.79. The van der Waals surface area contributed by atoms with Gasteiger partial charge in [-0.25, -0.2) is 0 Å². The molecule has 0 spiro atoms. The second-order valence-electron chi connectivity index (χ2n) is 10.6. The van der Waals surface area contributed by atoms with Crippen LogP contribution in [0, 0.1) is 0 Å². The van der Waals surface area contributed by atoms with E-state index in [1.54, 1.807) is 26.2 Å². The van der Waals surface area contributed by atoms with E-state index in [9.17, 15) is 29.1 Å². The zero-order valence-electron chi connectivity index (χ0n) is 24.1. The van der Waals surface area contributed by atoms with Crippen molar-refractivity contribution in [3.05, 3.63) is 76.0 Å². The standard InChI is InChI=1S/C31H39N5O6/c1-36(2)31(42)22-13-11-20(17-27(22)38)26(37)18-24(32)30(41)35-25-14-12-19-9-10-21(16-23(19)25)29(40)34-15-7-5-3-4-6-8-28(33)39/h9-11,13,16-18,25,38H,3-8,12,14-15,32H2,1-2H3,(H2,33,39)(H,34,40)(H,35,41). The van der Waals surface area contributed by atoms with E-state index in [1.165, 1.54) is 17.0 Å². The quantitative estimate of drug-likeness (QED) is 0.130. The molecular weight excluding hydrogens is 538 g/mol. The van der Waals surface area contributed by atoms with Gasteiger partial charge in [-0.05, 0) is 67.1 Å². The van der Waals surface area contributed by atoms with E-state index in [2.05, 4.69) is 10.6 Å². The summed E-state index contributed by atoms with van der Waals surface area (Å²) in [7, 11) is 3.09. The van der Waals surface area contributed by atoms with Crippen LogP contribution in [0.25, 0.3) is 0 Å². The van der Waals surface area contributed by atoms with Crippen LogP contribution in [0.1, 0.15) is 93.2 Å². The third kappa shape index (κ3) is 8.66. The second-order valence-corrected chi connectivity index (χ2v) is 10.6. The molecule has 42 heavy (non-hydrogen) atoms. The first-order valence-corrected chi connectivity index (χ1v) is 14.0. The predicted octanol–water partition coefficient (Wildman–Crippen LogP) is 2.48. The number of phenols is 1. The zero-order chi connectivity index (χ0) is 30.8. The Kier molecular flexibility index (Phi) is 11.2. The molecule has 1 aliphatic carbocycles. The Morgan fingerprint density at radius 1 is 0.952 bits per heavy atom. The number of aryl methyl sites for hydroxylation is 1. The molecule has 7 N–H and O–H groups in total. The fourth-order valence-electron chi connectivity index (χ4n) is 4.79. The number of ketones is 1. The summed E-state index contributed by atoms with van der Waals surface area (Å²) in [6.45, 7) is 0.535. The van der Waals surface area contributed by atoms with E-state index in [4.69, 9.17) is 11.5 Å². The molecule has 2 aromatic rings. The highest BCUT2D eigenvalue weighted by Crippen LogP contribution is 2.32. The summed E-state index contributed by atoms with van der Waals surface area (Å²) >= 11 is 0. The Hall–Kier alpha value is -4.67. The normalized spacial score (nSPS) is 14.1. The molecule has 224 valence electrons. The number of carbonyl (C=O) groups excluding carboxylic acids is 5. The second kappa shape index (κ2) is 14.8. The van der Waals surface area contributed by atoms with Crippen LogP contribution in [0.5, 0.6) is 5.75 Å². The number of hydrogen-bond donors (Lipinski definition) is 5. The average Bonchev–Trinajstić information content (AvgIpc) is 3.35. The van der Waals surface area contributed by atoms with Crippen LogP contribution in [0.15, 0.2) is 48.2 Å². The van der Waals surface area contributed by atoms with Crippen molar-refractivity contribution < 1.29 is 29.1 Å². The van der Waals surface area contributed by atoms with Gasteiger partial charge in [0, 0.05) is 44.3 Å². The highest BCUT2D eigenvalue weighted by Gasteiger charge is 2.26. The summed E-state index contributed by atoms with van der Waals surface area (Å²) in [5.41, 5.74) is 13.2. The number of benzene rings is 2. The number of nitrogens with two attached hydrogens (primary N) is 2. The van der Waals surface area contributed by atoms with Gasteiger partial charge in [-0.1, -0.05) is 25.3 Å². The molecule has 0 aromatic heterocycles. The largest absolute Gasteiger partial charge is 0.507 e. The van der Waals surface area contributed by atoms with Crippen molar-refractivity contribution in [2.24, 2.45) is 11.5 Å². The SMILES string of the molecule is CN(C)C(=O)c1ccc(C(=O)C=C(N)C(=O)NC2CCc3ccc(C(=O)NCCCCCCCC(N)=O)cc32)cc1O. The van der Waals surface area contributed by atoms with E-state index in [-0.39, 0.29) is 40.4 Å². The van der Waals surface area contributed by atoms with Gasteiger partial charge in [-0.2, -0.15) is 0 Å². The van der Waals surface area contributed by atoms with Crippen molar-refractivity contribution in [2.45, 2.75) is 57.4 Å². The monoisotopic (exact) mass is 577 g/mol. The number of fused-ring (bicyclic) bond motifs is 1. The van der Waals surface area contributed by atoms with Gasteiger partial charge in [0.15, 0.2) is 5.78 Å². The number of phenolic OH excluding ortho intramolecular Hbond substituents is 1. The van der Waals surface area contributed by atoms with Crippen LogP contribution in [-0.2, 0) is 16.0 Å². The Balaban J connectivity index is 1.55. The van der Waals surface area contributed by atoms with E-state index in [1.807, 2.05) is 6.07 Å². The Morgan fingerprint density at radius 3 is 2.33 bits per heavy atom. The molecule has 0 fully saturated rings. The number of primary amides is 1. The lowest BCUT2D eigenvalue weighted by Crippen LogP contribution is -2.32. The molecule has 11 heteroatoms. The summed E-state index contributed by atoms with van der Waals surface area (Å²) < 4.78 is 0. The number of amides is 4. The molecule has 0 heterocycles. The third-order valence-electron chi connectivity index (χ3n) is 7.14. The molecule has 0 bridgehead atoms. The van der Waals surface area contributed by atoms with Crippen molar-refractivity contribution in [1.29, 1.82) is 0 Å². The van der Waals surface area contributed by atoms with Crippen molar-refractivity contribution >= 4 is 29.4 Å². The Morgan fingerprint density at radius 2 is 1.64 bits per heavy atom. The zero-order valence-corrected chi connectivity index (χ0v) is 24.1. The maximum Gasteiger partial charge on any atom is 0.267 e. The van der Waals surface area contributed by atoms with Gasteiger partial charge in [-0.15, -0.1) is 0 Å². The first-order chi connectivity index (χ1) is 20.0. The number of unbranched alkanes of at least 4 members (excludes halogenated alkanes) is 4. The highest BCUT2D eigenvalue weighted by atomic mass is 16.3. The lowest BCUT2D eigenvalue weighted by Gasteiger charge is -2.15. The van der Waals surface area contributed by atoms with Crippen molar-refractivity contribution in [2.75, 3.05) is 20.6 Å². The predicted molar refractivity (Wildman–Crippen MR) is 158 cm³/mol. The summed E-state index contributed by atoms with van der Waals surface area (Å²) in [5, 5.41) is 16.0. The van der Waals surface area contributed by atoms with Gasteiger partial charge >= 0.3 is 0 Å². The summed E-state index contributed by atoms with van der Waals surface area (Å²) in [6.07, 6.45) is 7.18. The minimum absolute atomic E-state index is 0.0490. The minimum Gasteiger partial charge on any atom is -0.507 e. The van der Waals surface area contributed by atoms with E-state index >= 15 is 0 Å². The minimum atomic E-state index is -0.629. The smallest absolute Gasteiger partial charge is 0.267 e. The summed E-state index contributed by atoms with van der Waals surface area (Å²) in [4.78, 5) is 62.4. The highest BCUT2D eigenvalue weighted by molar-refractivity contribution is 6.10. The van der Waals surface area contributed by atoms with Crippen molar-refractivity contribution in [1.82, 2.24) is 15.5 Å². The molecule has 2 aromatic carbocycles. The lowest BCUT2D eigenvalue weighted by atomic mass is 10.0. The first kappa shape index (κ1) is 31.9. The van der Waals surface area contributed by atoms with Gasteiger partial charge < -0.3 is 32.1 Å². The van der Waals surface area contributed by atoms with Crippen LogP contribution >= 0.6 is 0 Å². The topological polar surface area (TPSA) is 185 Å². The molecule has 0 aliphatic heterocycles. The van der Waals surface area contributed by atoms with Gasteiger partial charge in [-0.3, -0.25) is 24.0 Å². The van der Waals surface area contributed by atoms with E-state index < -0.39 is 17.6 Å².